The number of rotatable bonds is 5. The molecule has 0 aliphatic heterocycles. The third kappa shape index (κ3) is 3.41. The van der Waals surface area contributed by atoms with E-state index in [2.05, 4.69) is 18.3 Å². The molecule has 0 heterocycles. The maximum absolute atomic E-state index is 14.0. The van der Waals surface area contributed by atoms with Crippen molar-refractivity contribution in [2.24, 2.45) is 0 Å². The van der Waals surface area contributed by atoms with Crippen molar-refractivity contribution in [3.05, 3.63) is 47.0 Å². The van der Waals surface area contributed by atoms with Crippen LogP contribution in [-0.4, -0.2) is 6.54 Å². The SMILES string of the molecule is CCCNC(C1=CCCCC1)c1cccc(F)c1F. The number of hydrogen-bond donors (Lipinski definition) is 1. The van der Waals surface area contributed by atoms with Gasteiger partial charge in [0.2, 0.25) is 0 Å². The summed E-state index contributed by atoms with van der Waals surface area (Å²) >= 11 is 0. The van der Waals surface area contributed by atoms with Crippen LogP contribution in [0.15, 0.2) is 29.8 Å². The zero-order valence-electron chi connectivity index (χ0n) is 11.4. The van der Waals surface area contributed by atoms with Crippen molar-refractivity contribution >= 4 is 0 Å². The molecule has 1 aliphatic carbocycles. The quantitative estimate of drug-likeness (QED) is 0.773. The van der Waals surface area contributed by atoms with Crippen LogP contribution in [-0.2, 0) is 0 Å². The summed E-state index contributed by atoms with van der Waals surface area (Å²) in [6.45, 7) is 2.87. The van der Waals surface area contributed by atoms with E-state index in [1.165, 1.54) is 18.1 Å². The van der Waals surface area contributed by atoms with Crippen LogP contribution in [0.25, 0.3) is 0 Å². The predicted molar refractivity (Wildman–Crippen MR) is 73.9 cm³/mol. The first kappa shape index (κ1) is 14.2. The second-order valence-corrected chi connectivity index (χ2v) is 5.06. The highest BCUT2D eigenvalue weighted by Crippen LogP contribution is 2.31. The normalized spacial score (nSPS) is 17.1. The molecule has 3 heteroatoms. The Labute approximate surface area is 113 Å². The van der Waals surface area contributed by atoms with E-state index >= 15 is 0 Å². The van der Waals surface area contributed by atoms with Gasteiger partial charge in [-0.15, -0.1) is 0 Å². The zero-order chi connectivity index (χ0) is 13.7. The number of halogens is 2. The molecule has 0 fully saturated rings. The van der Waals surface area contributed by atoms with Crippen LogP contribution < -0.4 is 5.32 Å². The first-order valence-electron chi connectivity index (χ1n) is 7.10. The minimum atomic E-state index is -0.766. The van der Waals surface area contributed by atoms with Gasteiger partial charge in [0.05, 0.1) is 6.04 Å². The number of benzene rings is 1. The van der Waals surface area contributed by atoms with Gasteiger partial charge in [-0.25, -0.2) is 8.78 Å². The summed E-state index contributed by atoms with van der Waals surface area (Å²) in [7, 11) is 0. The van der Waals surface area contributed by atoms with Gasteiger partial charge in [0.1, 0.15) is 0 Å². The molecule has 1 aromatic rings. The molecular weight excluding hydrogens is 244 g/mol. The van der Waals surface area contributed by atoms with Crippen molar-refractivity contribution in [3.8, 4) is 0 Å². The zero-order valence-corrected chi connectivity index (χ0v) is 11.4. The molecule has 104 valence electrons. The second kappa shape index (κ2) is 6.80. The smallest absolute Gasteiger partial charge is 0.163 e. The van der Waals surface area contributed by atoms with Gasteiger partial charge >= 0.3 is 0 Å². The molecule has 1 unspecified atom stereocenters. The van der Waals surface area contributed by atoms with Crippen molar-refractivity contribution in [1.82, 2.24) is 5.32 Å². The van der Waals surface area contributed by atoms with Gasteiger partial charge in [-0.3, -0.25) is 0 Å². The van der Waals surface area contributed by atoms with Crippen LogP contribution in [0, 0.1) is 11.6 Å². The van der Waals surface area contributed by atoms with Gasteiger partial charge in [0.25, 0.3) is 0 Å². The van der Waals surface area contributed by atoms with Crippen LogP contribution in [0.3, 0.4) is 0 Å². The molecule has 0 spiro atoms. The van der Waals surface area contributed by atoms with Gasteiger partial charge in [-0.05, 0) is 44.7 Å². The molecule has 0 amide bonds. The topological polar surface area (TPSA) is 12.0 Å². The Morgan fingerprint density at radius 3 is 2.79 bits per heavy atom. The monoisotopic (exact) mass is 265 g/mol. The molecule has 1 nitrogen and oxygen atoms in total. The van der Waals surface area contributed by atoms with Gasteiger partial charge in [0.15, 0.2) is 11.6 Å². The second-order valence-electron chi connectivity index (χ2n) is 5.06. The highest BCUT2D eigenvalue weighted by atomic mass is 19.2. The summed E-state index contributed by atoms with van der Waals surface area (Å²) in [6.07, 6.45) is 7.48. The molecule has 2 rings (SSSR count). The summed E-state index contributed by atoms with van der Waals surface area (Å²) in [5.74, 6) is -1.49. The van der Waals surface area contributed by atoms with E-state index in [-0.39, 0.29) is 6.04 Å². The van der Waals surface area contributed by atoms with Crippen molar-refractivity contribution in [2.75, 3.05) is 6.54 Å². The van der Waals surface area contributed by atoms with Crippen molar-refractivity contribution < 1.29 is 8.78 Å². The summed E-state index contributed by atoms with van der Waals surface area (Å²) in [6, 6.07) is 4.25. The Morgan fingerprint density at radius 1 is 1.26 bits per heavy atom. The third-order valence-electron chi connectivity index (χ3n) is 3.59. The van der Waals surface area contributed by atoms with E-state index in [9.17, 15) is 8.78 Å². The van der Waals surface area contributed by atoms with Gasteiger partial charge in [-0.2, -0.15) is 0 Å². The fraction of sp³-hybridized carbons (Fsp3) is 0.500. The summed E-state index contributed by atoms with van der Waals surface area (Å²) in [5.41, 5.74) is 1.63. The molecule has 0 saturated heterocycles. The molecule has 0 aromatic heterocycles. The van der Waals surface area contributed by atoms with Crippen LogP contribution in [0.1, 0.15) is 50.6 Å². The highest BCUT2D eigenvalue weighted by molar-refractivity contribution is 5.31. The van der Waals surface area contributed by atoms with Crippen LogP contribution in [0.4, 0.5) is 8.78 Å². The molecule has 1 aliphatic rings. The number of allylic oxidation sites excluding steroid dienone is 1. The average molecular weight is 265 g/mol. The van der Waals surface area contributed by atoms with Crippen molar-refractivity contribution in [1.29, 1.82) is 0 Å². The van der Waals surface area contributed by atoms with Crippen LogP contribution in [0.5, 0.6) is 0 Å². The van der Waals surface area contributed by atoms with E-state index in [0.717, 1.165) is 32.2 Å². The Kier molecular flexibility index (Phi) is 5.08. The van der Waals surface area contributed by atoms with Crippen LogP contribution >= 0.6 is 0 Å². The molecule has 1 atom stereocenters. The number of hydrogen-bond acceptors (Lipinski definition) is 1. The third-order valence-corrected chi connectivity index (χ3v) is 3.59. The van der Waals surface area contributed by atoms with Gasteiger partial charge in [0, 0.05) is 5.56 Å². The fourth-order valence-corrected chi connectivity index (χ4v) is 2.60. The Morgan fingerprint density at radius 2 is 2.11 bits per heavy atom. The molecule has 0 bridgehead atoms. The summed E-state index contributed by atoms with van der Waals surface area (Å²) < 4.78 is 27.4. The fourth-order valence-electron chi connectivity index (χ4n) is 2.60. The lowest BCUT2D eigenvalue weighted by atomic mass is 9.89. The minimum Gasteiger partial charge on any atom is -0.306 e. The van der Waals surface area contributed by atoms with E-state index in [4.69, 9.17) is 0 Å². The van der Waals surface area contributed by atoms with Crippen molar-refractivity contribution in [2.45, 2.75) is 45.1 Å². The van der Waals surface area contributed by atoms with Gasteiger partial charge in [-0.1, -0.05) is 30.7 Å². The lowest BCUT2D eigenvalue weighted by Crippen LogP contribution is -2.26. The molecule has 19 heavy (non-hydrogen) atoms. The molecular formula is C16H21F2N. The molecule has 0 radical (unpaired) electrons. The highest BCUT2D eigenvalue weighted by Gasteiger charge is 2.22. The average Bonchev–Trinajstić information content (AvgIpc) is 2.45. The Balaban J connectivity index is 2.30. The van der Waals surface area contributed by atoms with Crippen molar-refractivity contribution in [3.63, 3.8) is 0 Å². The van der Waals surface area contributed by atoms with E-state index in [1.54, 1.807) is 12.1 Å². The Hall–Kier alpha value is -1.22. The van der Waals surface area contributed by atoms with E-state index in [0.29, 0.717) is 5.56 Å². The number of nitrogens with one attached hydrogen (secondary N) is 1. The summed E-state index contributed by atoms with van der Waals surface area (Å²) in [4.78, 5) is 0. The first-order valence-corrected chi connectivity index (χ1v) is 7.10. The minimum absolute atomic E-state index is 0.184. The Bertz CT molecular complexity index is 454. The largest absolute Gasteiger partial charge is 0.306 e. The van der Waals surface area contributed by atoms with E-state index < -0.39 is 11.6 Å². The summed E-state index contributed by atoms with van der Waals surface area (Å²) in [5, 5.41) is 3.35. The van der Waals surface area contributed by atoms with E-state index in [1.807, 2.05) is 0 Å². The standard InChI is InChI=1S/C16H21F2N/c1-2-11-19-16(12-7-4-3-5-8-12)13-9-6-10-14(17)15(13)18/h6-7,9-10,16,19H,2-5,8,11H2,1H3. The lowest BCUT2D eigenvalue weighted by Gasteiger charge is -2.25. The molecule has 0 saturated carbocycles. The predicted octanol–water partition coefficient (Wildman–Crippen LogP) is 4.51. The van der Waals surface area contributed by atoms with Crippen LogP contribution in [0.2, 0.25) is 0 Å². The lowest BCUT2D eigenvalue weighted by molar-refractivity contribution is 0.470. The molecule has 1 aromatic carbocycles. The van der Waals surface area contributed by atoms with Gasteiger partial charge < -0.3 is 5.32 Å². The maximum Gasteiger partial charge on any atom is 0.163 e. The maximum atomic E-state index is 14.0. The molecule has 1 N–H and O–H groups in total. The first-order chi connectivity index (χ1) is 9.24.